The third-order valence-corrected chi connectivity index (χ3v) is 4.94. The number of amides is 1. The number of carbonyl (C=O) groups is 1. The maximum atomic E-state index is 12.7. The molecular weight excluding hydrogens is 383 g/mol. The predicted octanol–water partition coefficient (Wildman–Crippen LogP) is 4.49. The van der Waals surface area contributed by atoms with Gasteiger partial charge in [-0.05, 0) is 59.9 Å². The summed E-state index contributed by atoms with van der Waals surface area (Å²) in [6.07, 6.45) is 0.371. The average Bonchev–Trinajstić information content (AvgIpc) is 2.91. The van der Waals surface area contributed by atoms with E-state index in [-0.39, 0.29) is 11.7 Å². The number of fused-ring (bicyclic) bond motifs is 1. The van der Waals surface area contributed by atoms with Gasteiger partial charge in [0.25, 0.3) is 0 Å². The minimum absolute atomic E-state index is 0.150. The van der Waals surface area contributed by atoms with Crippen LogP contribution >= 0.6 is 0 Å². The van der Waals surface area contributed by atoms with Crippen LogP contribution in [0, 0.1) is 0 Å². The fraction of sp³-hybridized carbons (Fsp3) is 0.190. The molecule has 29 heavy (non-hydrogen) atoms. The number of aromatic nitrogens is 2. The number of rotatable bonds is 4. The van der Waals surface area contributed by atoms with Crippen molar-refractivity contribution in [2.75, 3.05) is 5.32 Å². The molecule has 2 aromatic carbocycles. The van der Waals surface area contributed by atoms with Crippen LogP contribution in [0.5, 0.6) is 5.75 Å². The van der Waals surface area contributed by atoms with E-state index >= 15 is 0 Å². The molecule has 1 amide bonds. The van der Waals surface area contributed by atoms with Crippen LogP contribution in [0.25, 0.3) is 11.1 Å². The van der Waals surface area contributed by atoms with E-state index in [9.17, 15) is 18.0 Å². The average molecular weight is 399 g/mol. The topological polar surface area (TPSA) is 64.1 Å². The largest absolute Gasteiger partial charge is 0.573 e. The van der Waals surface area contributed by atoms with Crippen LogP contribution in [0.4, 0.5) is 18.9 Å². The Morgan fingerprint density at radius 1 is 1.07 bits per heavy atom. The summed E-state index contributed by atoms with van der Waals surface area (Å²) in [6.45, 7) is 1.83. The van der Waals surface area contributed by atoms with E-state index in [0.29, 0.717) is 23.2 Å². The summed E-state index contributed by atoms with van der Waals surface area (Å²) >= 11 is 0. The molecular formula is C21H16F3N3O2. The van der Waals surface area contributed by atoms with Crippen LogP contribution in [-0.4, -0.2) is 22.2 Å². The lowest BCUT2D eigenvalue weighted by atomic mass is 9.78. The molecule has 148 valence electrons. The van der Waals surface area contributed by atoms with Crippen molar-refractivity contribution in [1.82, 2.24) is 9.97 Å². The highest BCUT2D eigenvalue weighted by atomic mass is 19.4. The third kappa shape index (κ3) is 3.78. The maximum Gasteiger partial charge on any atom is 0.573 e. The van der Waals surface area contributed by atoms with Gasteiger partial charge in [0.1, 0.15) is 12.1 Å². The first-order valence-corrected chi connectivity index (χ1v) is 8.81. The predicted molar refractivity (Wildman–Crippen MR) is 100 cm³/mol. The molecule has 0 radical (unpaired) electrons. The highest BCUT2D eigenvalue weighted by Crippen LogP contribution is 2.42. The fourth-order valence-electron chi connectivity index (χ4n) is 3.55. The van der Waals surface area contributed by atoms with Crippen molar-refractivity contribution in [1.29, 1.82) is 0 Å². The Balaban J connectivity index is 1.71. The molecule has 4 rings (SSSR count). The standard InChI is InChI=1S/C21H16F3N3O2/c1-20(9-13-10-25-12-26-11-13)17-8-15(5-6-18(17)27-19(20)28)14-3-2-4-16(7-14)29-21(22,23)24/h2-8,10-12H,9H2,1H3,(H,27,28). The molecule has 1 aromatic heterocycles. The number of halogens is 3. The summed E-state index contributed by atoms with van der Waals surface area (Å²) in [6, 6.07) is 11.1. The van der Waals surface area contributed by atoms with E-state index < -0.39 is 11.8 Å². The second kappa shape index (κ2) is 6.88. The first-order valence-electron chi connectivity index (χ1n) is 8.81. The van der Waals surface area contributed by atoms with Gasteiger partial charge in [-0.15, -0.1) is 13.2 Å². The fourth-order valence-corrected chi connectivity index (χ4v) is 3.55. The lowest BCUT2D eigenvalue weighted by molar-refractivity contribution is -0.274. The van der Waals surface area contributed by atoms with Gasteiger partial charge in [-0.25, -0.2) is 9.97 Å². The van der Waals surface area contributed by atoms with Crippen molar-refractivity contribution < 1.29 is 22.7 Å². The molecule has 0 spiro atoms. The summed E-state index contributed by atoms with van der Waals surface area (Å²) in [7, 11) is 0. The molecule has 1 unspecified atom stereocenters. The number of ether oxygens (including phenoxy) is 1. The second-order valence-electron chi connectivity index (χ2n) is 7.05. The van der Waals surface area contributed by atoms with Gasteiger partial charge in [0.05, 0.1) is 5.41 Å². The minimum Gasteiger partial charge on any atom is -0.406 e. The first kappa shape index (κ1) is 18.9. The number of hydrogen-bond donors (Lipinski definition) is 1. The molecule has 0 saturated heterocycles. The quantitative estimate of drug-likeness (QED) is 0.702. The molecule has 8 heteroatoms. The zero-order chi connectivity index (χ0) is 20.6. The molecule has 1 atom stereocenters. The SMILES string of the molecule is CC1(Cc2cncnc2)C(=O)Nc2ccc(-c3cccc(OC(F)(F)F)c3)cc21. The number of anilines is 1. The molecule has 5 nitrogen and oxygen atoms in total. The molecule has 1 aliphatic heterocycles. The highest BCUT2D eigenvalue weighted by molar-refractivity contribution is 6.06. The number of nitrogens with zero attached hydrogens (tertiary/aromatic N) is 2. The molecule has 0 fully saturated rings. The Morgan fingerprint density at radius 3 is 2.52 bits per heavy atom. The molecule has 3 aromatic rings. The maximum absolute atomic E-state index is 12.7. The van der Waals surface area contributed by atoms with Crippen molar-refractivity contribution in [3.8, 4) is 16.9 Å². The normalized spacial score (nSPS) is 18.3. The highest BCUT2D eigenvalue weighted by Gasteiger charge is 2.43. The minimum atomic E-state index is -4.76. The van der Waals surface area contributed by atoms with Crippen LogP contribution in [0.1, 0.15) is 18.1 Å². The van der Waals surface area contributed by atoms with Gasteiger partial charge in [0.2, 0.25) is 5.91 Å². The van der Waals surface area contributed by atoms with Crippen LogP contribution in [0.3, 0.4) is 0 Å². The van der Waals surface area contributed by atoms with Crippen molar-refractivity contribution in [3.05, 3.63) is 72.3 Å². The van der Waals surface area contributed by atoms with Gasteiger partial charge in [-0.1, -0.05) is 18.2 Å². The Hall–Kier alpha value is -3.42. The van der Waals surface area contributed by atoms with Crippen molar-refractivity contribution >= 4 is 11.6 Å². The van der Waals surface area contributed by atoms with Gasteiger partial charge < -0.3 is 10.1 Å². The van der Waals surface area contributed by atoms with Crippen LogP contribution in [0.2, 0.25) is 0 Å². The van der Waals surface area contributed by atoms with Gasteiger partial charge in [0, 0.05) is 18.1 Å². The Bertz CT molecular complexity index is 1070. The van der Waals surface area contributed by atoms with Crippen LogP contribution in [-0.2, 0) is 16.6 Å². The van der Waals surface area contributed by atoms with E-state index in [0.717, 1.165) is 11.1 Å². The lowest BCUT2D eigenvalue weighted by Crippen LogP contribution is -2.33. The zero-order valence-electron chi connectivity index (χ0n) is 15.3. The van der Waals surface area contributed by atoms with Gasteiger partial charge in [-0.2, -0.15) is 0 Å². The molecule has 0 saturated carbocycles. The van der Waals surface area contributed by atoms with Crippen molar-refractivity contribution in [2.45, 2.75) is 25.1 Å². The number of benzene rings is 2. The van der Waals surface area contributed by atoms with Crippen molar-refractivity contribution in [3.63, 3.8) is 0 Å². The van der Waals surface area contributed by atoms with Crippen LogP contribution < -0.4 is 10.1 Å². The van der Waals surface area contributed by atoms with E-state index in [1.54, 1.807) is 30.6 Å². The van der Waals surface area contributed by atoms with Crippen LogP contribution in [0.15, 0.2) is 61.2 Å². The monoisotopic (exact) mass is 399 g/mol. The summed E-state index contributed by atoms with van der Waals surface area (Å²) in [4.78, 5) is 20.7. The molecule has 0 bridgehead atoms. The van der Waals surface area contributed by atoms with E-state index in [1.807, 2.05) is 13.0 Å². The van der Waals surface area contributed by atoms with E-state index in [2.05, 4.69) is 20.0 Å². The third-order valence-electron chi connectivity index (χ3n) is 4.94. The van der Waals surface area contributed by atoms with Crippen molar-refractivity contribution in [2.24, 2.45) is 0 Å². The Kier molecular flexibility index (Phi) is 4.49. The summed E-state index contributed by atoms with van der Waals surface area (Å²) in [5.74, 6) is -0.448. The Labute approximate surface area is 164 Å². The number of carbonyl (C=O) groups excluding carboxylic acids is 1. The zero-order valence-corrected chi connectivity index (χ0v) is 15.3. The summed E-state index contributed by atoms with van der Waals surface area (Å²) in [5.41, 5.74) is 2.65. The second-order valence-corrected chi connectivity index (χ2v) is 7.05. The number of nitrogens with one attached hydrogen (secondary N) is 1. The molecule has 2 heterocycles. The van der Waals surface area contributed by atoms with Gasteiger partial charge >= 0.3 is 6.36 Å². The summed E-state index contributed by atoms with van der Waals surface area (Å²) < 4.78 is 41.6. The first-order chi connectivity index (χ1) is 13.7. The number of hydrogen-bond acceptors (Lipinski definition) is 4. The Morgan fingerprint density at radius 2 is 1.79 bits per heavy atom. The molecule has 0 aliphatic carbocycles. The smallest absolute Gasteiger partial charge is 0.406 e. The lowest BCUT2D eigenvalue weighted by Gasteiger charge is -2.22. The van der Waals surface area contributed by atoms with E-state index in [1.165, 1.54) is 24.5 Å². The molecule has 1 aliphatic rings. The molecule has 1 N–H and O–H groups in total. The van der Waals surface area contributed by atoms with Gasteiger partial charge in [0.15, 0.2) is 0 Å². The van der Waals surface area contributed by atoms with E-state index in [4.69, 9.17) is 0 Å². The van der Waals surface area contributed by atoms with Gasteiger partial charge in [-0.3, -0.25) is 4.79 Å². The number of alkyl halides is 3. The summed E-state index contributed by atoms with van der Waals surface area (Å²) in [5, 5.41) is 2.88.